The highest BCUT2D eigenvalue weighted by Crippen LogP contribution is 2.14. The molecule has 1 aliphatic rings. The van der Waals surface area contributed by atoms with Gasteiger partial charge in [-0.15, -0.1) is 0 Å². The van der Waals surface area contributed by atoms with Crippen LogP contribution >= 0.6 is 0 Å². The standard InChI is InChI=1S/C15H19NO2/c1-18-15(17)14-10-6-5-7-12(14)11-16-13-8-3-2-4-9-13/h2-3,5-7,10,13,16H,4,8-9,11H2,1H3. The summed E-state index contributed by atoms with van der Waals surface area (Å²) in [5, 5.41) is 3.50. The molecule has 3 heteroatoms. The van der Waals surface area contributed by atoms with Crippen LogP contribution in [0.25, 0.3) is 0 Å². The Morgan fingerprint density at radius 2 is 2.22 bits per heavy atom. The number of hydrogen-bond donors (Lipinski definition) is 1. The molecule has 0 saturated carbocycles. The molecule has 1 atom stereocenters. The van der Waals surface area contributed by atoms with Crippen molar-refractivity contribution in [3.8, 4) is 0 Å². The molecule has 1 N–H and O–H groups in total. The Bertz CT molecular complexity index is 440. The molecule has 0 fully saturated rings. The maximum absolute atomic E-state index is 11.6. The van der Waals surface area contributed by atoms with Gasteiger partial charge in [0, 0.05) is 12.6 Å². The van der Waals surface area contributed by atoms with Gasteiger partial charge in [0.25, 0.3) is 0 Å². The number of ether oxygens (including phenoxy) is 1. The second-order valence-electron chi connectivity index (χ2n) is 4.51. The minimum atomic E-state index is -0.268. The second kappa shape index (κ2) is 6.36. The van der Waals surface area contributed by atoms with E-state index >= 15 is 0 Å². The predicted molar refractivity (Wildman–Crippen MR) is 71.4 cm³/mol. The lowest BCUT2D eigenvalue weighted by atomic mass is 10.0. The van der Waals surface area contributed by atoms with Crippen LogP contribution in [0.1, 0.15) is 35.2 Å². The first-order chi connectivity index (χ1) is 8.81. The van der Waals surface area contributed by atoms with Crippen LogP contribution in [0, 0.1) is 0 Å². The number of hydrogen-bond acceptors (Lipinski definition) is 3. The van der Waals surface area contributed by atoms with E-state index in [2.05, 4.69) is 17.5 Å². The van der Waals surface area contributed by atoms with Crippen LogP contribution in [0.3, 0.4) is 0 Å². The van der Waals surface area contributed by atoms with Crippen LogP contribution in [0.15, 0.2) is 36.4 Å². The quantitative estimate of drug-likeness (QED) is 0.654. The van der Waals surface area contributed by atoms with Crippen LogP contribution in [-0.2, 0) is 11.3 Å². The van der Waals surface area contributed by atoms with Crippen molar-refractivity contribution >= 4 is 5.97 Å². The summed E-state index contributed by atoms with van der Waals surface area (Å²) in [6.07, 6.45) is 7.81. The van der Waals surface area contributed by atoms with Crippen molar-refractivity contribution in [3.05, 3.63) is 47.5 Å². The monoisotopic (exact) mass is 245 g/mol. The van der Waals surface area contributed by atoms with E-state index in [1.54, 1.807) is 0 Å². The molecule has 2 rings (SSSR count). The summed E-state index contributed by atoms with van der Waals surface area (Å²) in [4.78, 5) is 11.6. The van der Waals surface area contributed by atoms with E-state index in [-0.39, 0.29) is 5.97 Å². The molecule has 0 saturated heterocycles. The zero-order valence-corrected chi connectivity index (χ0v) is 10.7. The van der Waals surface area contributed by atoms with E-state index in [0.29, 0.717) is 18.2 Å². The van der Waals surface area contributed by atoms with Crippen LogP contribution < -0.4 is 5.32 Å². The van der Waals surface area contributed by atoms with Gasteiger partial charge in [0.2, 0.25) is 0 Å². The summed E-state index contributed by atoms with van der Waals surface area (Å²) in [6, 6.07) is 8.10. The van der Waals surface area contributed by atoms with Crippen molar-refractivity contribution in [2.45, 2.75) is 31.8 Å². The smallest absolute Gasteiger partial charge is 0.338 e. The van der Waals surface area contributed by atoms with Gasteiger partial charge in [0.15, 0.2) is 0 Å². The Balaban J connectivity index is 2.00. The molecule has 1 aromatic carbocycles. The molecular formula is C15H19NO2. The number of nitrogens with one attached hydrogen (secondary N) is 1. The van der Waals surface area contributed by atoms with E-state index in [4.69, 9.17) is 4.74 Å². The average Bonchev–Trinajstić information content (AvgIpc) is 2.45. The van der Waals surface area contributed by atoms with E-state index in [9.17, 15) is 4.79 Å². The molecule has 0 amide bonds. The summed E-state index contributed by atoms with van der Waals surface area (Å²) >= 11 is 0. The van der Waals surface area contributed by atoms with E-state index in [0.717, 1.165) is 24.8 Å². The number of esters is 1. The fourth-order valence-corrected chi connectivity index (χ4v) is 2.22. The van der Waals surface area contributed by atoms with Crippen LogP contribution in [0.2, 0.25) is 0 Å². The molecule has 18 heavy (non-hydrogen) atoms. The molecule has 0 spiro atoms. The number of carbonyl (C=O) groups excluding carboxylic acids is 1. The summed E-state index contributed by atoms with van der Waals surface area (Å²) in [5.74, 6) is -0.268. The Kier molecular flexibility index (Phi) is 4.53. The van der Waals surface area contributed by atoms with E-state index < -0.39 is 0 Å². The summed E-state index contributed by atoms with van der Waals surface area (Å²) < 4.78 is 4.79. The average molecular weight is 245 g/mol. The molecule has 96 valence electrons. The predicted octanol–water partition coefficient (Wildman–Crippen LogP) is 2.67. The van der Waals surface area contributed by atoms with Gasteiger partial charge in [-0.2, -0.15) is 0 Å². The third-order valence-corrected chi connectivity index (χ3v) is 3.27. The maximum atomic E-state index is 11.6. The van der Waals surface area contributed by atoms with Crippen LogP contribution in [0.4, 0.5) is 0 Å². The normalized spacial score (nSPS) is 18.6. The van der Waals surface area contributed by atoms with Crippen molar-refractivity contribution in [1.29, 1.82) is 0 Å². The Labute approximate surface area is 108 Å². The lowest BCUT2D eigenvalue weighted by Gasteiger charge is -2.20. The van der Waals surface area contributed by atoms with Crippen molar-refractivity contribution in [2.24, 2.45) is 0 Å². The third-order valence-electron chi connectivity index (χ3n) is 3.27. The summed E-state index contributed by atoms with van der Waals surface area (Å²) in [5.41, 5.74) is 1.65. The van der Waals surface area contributed by atoms with Gasteiger partial charge in [-0.25, -0.2) is 4.79 Å². The lowest BCUT2D eigenvalue weighted by molar-refractivity contribution is 0.0599. The first-order valence-corrected chi connectivity index (χ1v) is 6.36. The zero-order chi connectivity index (χ0) is 12.8. The van der Waals surface area contributed by atoms with Gasteiger partial charge in [-0.1, -0.05) is 30.4 Å². The molecule has 0 radical (unpaired) electrons. The fraction of sp³-hybridized carbons (Fsp3) is 0.400. The highest BCUT2D eigenvalue weighted by Gasteiger charge is 2.13. The van der Waals surface area contributed by atoms with E-state index in [1.807, 2.05) is 24.3 Å². The highest BCUT2D eigenvalue weighted by atomic mass is 16.5. The van der Waals surface area contributed by atoms with E-state index in [1.165, 1.54) is 7.11 Å². The number of methoxy groups -OCH3 is 1. The van der Waals surface area contributed by atoms with Gasteiger partial charge in [0.1, 0.15) is 0 Å². The molecule has 0 aliphatic heterocycles. The first-order valence-electron chi connectivity index (χ1n) is 6.36. The Morgan fingerprint density at radius 1 is 1.39 bits per heavy atom. The minimum Gasteiger partial charge on any atom is -0.465 e. The minimum absolute atomic E-state index is 0.268. The Morgan fingerprint density at radius 3 is 2.94 bits per heavy atom. The summed E-state index contributed by atoms with van der Waals surface area (Å²) in [7, 11) is 1.42. The second-order valence-corrected chi connectivity index (χ2v) is 4.51. The molecule has 1 aromatic rings. The van der Waals surface area contributed by atoms with Crippen LogP contribution in [0.5, 0.6) is 0 Å². The molecule has 3 nitrogen and oxygen atoms in total. The van der Waals surface area contributed by atoms with Gasteiger partial charge < -0.3 is 10.1 Å². The van der Waals surface area contributed by atoms with Crippen molar-refractivity contribution < 1.29 is 9.53 Å². The molecule has 0 heterocycles. The van der Waals surface area contributed by atoms with Gasteiger partial charge >= 0.3 is 5.97 Å². The van der Waals surface area contributed by atoms with Gasteiger partial charge in [-0.3, -0.25) is 0 Å². The van der Waals surface area contributed by atoms with Crippen LogP contribution in [-0.4, -0.2) is 19.1 Å². The number of rotatable bonds is 4. The number of allylic oxidation sites excluding steroid dienone is 1. The molecule has 0 aromatic heterocycles. The largest absolute Gasteiger partial charge is 0.465 e. The lowest BCUT2D eigenvalue weighted by Crippen LogP contribution is -2.29. The van der Waals surface area contributed by atoms with Gasteiger partial charge in [0.05, 0.1) is 12.7 Å². The van der Waals surface area contributed by atoms with Crippen molar-refractivity contribution in [3.63, 3.8) is 0 Å². The Hall–Kier alpha value is -1.61. The molecule has 0 bridgehead atoms. The van der Waals surface area contributed by atoms with Crippen molar-refractivity contribution in [2.75, 3.05) is 7.11 Å². The summed E-state index contributed by atoms with van der Waals surface area (Å²) in [6.45, 7) is 0.712. The topological polar surface area (TPSA) is 38.3 Å². The SMILES string of the molecule is COC(=O)c1ccccc1CNC1CC=CCC1. The number of carbonyl (C=O) groups is 1. The zero-order valence-electron chi connectivity index (χ0n) is 10.7. The highest BCUT2D eigenvalue weighted by molar-refractivity contribution is 5.90. The molecule has 1 unspecified atom stereocenters. The fourth-order valence-electron chi connectivity index (χ4n) is 2.22. The number of benzene rings is 1. The molecule has 1 aliphatic carbocycles. The molecular weight excluding hydrogens is 226 g/mol. The van der Waals surface area contributed by atoms with Crippen molar-refractivity contribution in [1.82, 2.24) is 5.32 Å². The van der Waals surface area contributed by atoms with Gasteiger partial charge in [-0.05, 0) is 30.9 Å². The maximum Gasteiger partial charge on any atom is 0.338 e. The third kappa shape index (κ3) is 3.20. The first kappa shape index (κ1) is 12.8.